The van der Waals surface area contributed by atoms with Crippen LogP contribution in [0.2, 0.25) is 0 Å². The number of fused-ring (bicyclic) bond motifs is 1. The molecule has 0 bridgehead atoms. The topological polar surface area (TPSA) is 15.3 Å². The van der Waals surface area contributed by atoms with Gasteiger partial charge in [-0.25, -0.2) is 0 Å². The van der Waals surface area contributed by atoms with Gasteiger partial charge in [-0.1, -0.05) is 34.1 Å². The third-order valence-electron chi connectivity index (χ3n) is 3.83. The standard InChI is InChI=1S/C17H19BrN2/c1-12-9-15(18)7-8-16(12)20-11-13(2)19-10-14-5-3-4-6-17(14)20/h3-9,13,19H,10-11H2,1-2H3. The van der Waals surface area contributed by atoms with E-state index in [-0.39, 0.29) is 0 Å². The van der Waals surface area contributed by atoms with Gasteiger partial charge in [0.2, 0.25) is 0 Å². The first kappa shape index (κ1) is 13.7. The molecular formula is C17H19BrN2. The minimum absolute atomic E-state index is 0.463. The summed E-state index contributed by atoms with van der Waals surface area (Å²) in [4.78, 5) is 2.43. The van der Waals surface area contributed by atoms with Crippen LogP contribution in [0.3, 0.4) is 0 Å². The van der Waals surface area contributed by atoms with Gasteiger partial charge < -0.3 is 10.2 Å². The summed E-state index contributed by atoms with van der Waals surface area (Å²) in [6.45, 7) is 6.33. The Hall–Kier alpha value is -1.32. The molecule has 0 radical (unpaired) electrons. The van der Waals surface area contributed by atoms with Crippen molar-refractivity contribution in [2.45, 2.75) is 26.4 Å². The highest BCUT2D eigenvalue weighted by Gasteiger charge is 2.20. The Bertz CT molecular complexity index is 624. The molecule has 0 aromatic heterocycles. The average Bonchev–Trinajstić information content (AvgIpc) is 2.59. The molecule has 3 rings (SSSR count). The van der Waals surface area contributed by atoms with Crippen LogP contribution in [0, 0.1) is 6.92 Å². The van der Waals surface area contributed by atoms with Gasteiger partial charge in [-0.3, -0.25) is 0 Å². The maximum atomic E-state index is 3.58. The maximum absolute atomic E-state index is 3.58. The molecule has 1 aliphatic heterocycles. The van der Waals surface area contributed by atoms with Crippen molar-refractivity contribution in [1.82, 2.24) is 5.32 Å². The van der Waals surface area contributed by atoms with Crippen molar-refractivity contribution in [2.75, 3.05) is 11.4 Å². The van der Waals surface area contributed by atoms with E-state index in [0.717, 1.165) is 17.6 Å². The van der Waals surface area contributed by atoms with Crippen molar-refractivity contribution < 1.29 is 0 Å². The largest absolute Gasteiger partial charge is 0.339 e. The van der Waals surface area contributed by atoms with Gasteiger partial charge in [-0.15, -0.1) is 0 Å². The Balaban J connectivity index is 2.10. The first-order chi connectivity index (χ1) is 9.65. The molecule has 0 aliphatic carbocycles. The number of hydrogen-bond acceptors (Lipinski definition) is 2. The molecule has 2 aromatic rings. The Labute approximate surface area is 128 Å². The number of rotatable bonds is 1. The summed E-state index contributed by atoms with van der Waals surface area (Å²) in [7, 11) is 0. The van der Waals surface area contributed by atoms with Crippen LogP contribution < -0.4 is 10.2 Å². The molecule has 1 N–H and O–H groups in total. The number of nitrogens with zero attached hydrogens (tertiary/aromatic N) is 1. The molecule has 2 aromatic carbocycles. The zero-order chi connectivity index (χ0) is 14.1. The minimum atomic E-state index is 0.463. The summed E-state index contributed by atoms with van der Waals surface area (Å²) in [5.74, 6) is 0. The van der Waals surface area contributed by atoms with Crippen molar-refractivity contribution in [2.24, 2.45) is 0 Å². The molecule has 20 heavy (non-hydrogen) atoms. The molecule has 2 nitrogen and oxygen atoms in total. The van der Waals surface area contributed by atoms with Crippen molar-refractivity contribution in [1.29, 1.82) is 0 Å². The summed E-state index contributed by atoms with van der Waals surface area (Å²) >= 11 is 3.55. The van der Waals surface area contributed by atoms with Crippen LogP contribution in [0.25, 0.3) is 0 Å². The van der Waals surface area contributed by atoms with E-state index in [1.807, 2.05) is 0 Å². The number of anilines is 2. The second-order valence-corrected chi connectivity index (χ2v) is 6.37. The van der Waals surface area contributed by atoms with Crippen molar-refractivity contribution in [3.05, 3.63) is 58.1 Å². The van der Waals surface area contributed by atoms with Crippen LogP contribution in [0.5, 0.6) is 0 Å². The molecule has 0 amide bonds. The van der Waals surface area contributed by atoms with Gasteiger partial charge in [0.05, 0.1) is 0 Å². The highest BCUT2D eigenvalue weighted by Crippen LogP contribution is 2.33. The Morgan fingerprint density at radius 3 is 2.75 bits per heavy atom. The fourth-order valence-corrected chi connectivity index (χ4v) is 3.27. The van der Waals surface area contributed by atoms with E-state index >= 15 is 0 Å². The highest BCUT2D eigenvalue weighted by atomic mass is 79.9. The normalized spacial score (nSPS) is 18.6. The highest BCUT2D eigenvalue weighted by molar-refractivity contribution is 9.10. The van der Waals surface area contributed by atoms with Gasteiger partial charge in [0.1, 0.15) is 0 Å². The van der Waals surface area contributed by atoms with E-state index in [4.69, 9.17) is 0 Å². The molecule has 0 spiro atoms. The molecule has 0 fully saturated rings. The van der Waals surface area contributed by atoms with Crippen molar-refractivity contribution in [3.8, 4) is 0 Å². The summed E-state index contributed by atoms with van der Waals surface area (Å²) < 4.78 is 1.13. The third-order valence-corrected chi connectivity index (χ3v) is 4.32. The second-order valence-electron chi connectivity index (χ2n) is 5.45. The van der Waals surface area contributed by atoms with Gasteiger partial charge in [0.15, 0.2) is 0 Å². The summed E-state index contributed by atoms with van der Waals surface area (Å²) in [5.41, 5.74) is 5.26. The number of nitrogens with one attached hydrogen (secondary N) is 1. The SMILES string of the molecule is Cc1cc(Br)ccc1N1CC(C)NCc2ccccc21. The van der Waals surface area contributed by atoms with Crippen LogP contribution >= 0.6 is 15.9 Å². The quantitative estimate of drug-likeness (QED) is 0.834. The molecule has 0 saturated heterocycles. The zero-order valence-corrected chi connectivity index (χ0v) is 13.4. The van der Waals surface area contributed by atoms with E-state index in [9.17, 15) is 0 Å². The van der Waals surface area contributed by atoms with Gasteiger partial charge in [-0.05, 0) is 49.2 Å². The predicted octanol–water partition coefficient (Wildman–Crippen LogP) is 4.39. The van der Waals surface area contributed by atoms with E-state index in [1.54, 1.807) is 0 Å². The first-order valence-electron chi connectivity index (χ1n) is 7.00. The monoisotopic (exact) mass is 330 g/mol. The summed E-state index contributed by atoms with van der Waals surface area (Å²) in [6, 6.07) is 15.6. The fourth-order valence-electron chi connectivity index (χ4n) is 2.79. The molecule has 104 valence electrons. The van der Waals surface area contributed by atoms with Gasteiger partial charge in [0, 0.05) is 35.0 Å². The van der Waals surface area contributed by atoms with E-state index in [1.165, 1.54) is 22.5 Å². The molecule has 1 unspecified atom stereocenters. The predicted molar refractivity (Wildman–Crippen MR) is 88.6 cm³/mol. The average molecular weight is 331 g/mol. The first-order valence-corrected chi connectivity index (χ1v) is 7.79. The molecule has 3 heteroatoms. The minimum Gasteiger partial charge on any atom is -0.339 e. The van der Waals surface area contributed by atoms with E-state index < -0.39 is 0 Å². The third kappa shape index (κ3) is 2.60. The van der Waals surface area contributed by atoms with Crippen LogP contribution in [-0.2, 0) is 6.54 Å². The summed E-state index contributed by atoms with van der Waals surface area (Å²) in [5, 5.41) is 3.58. The fraction of sp³-hybridized carbons (Fsp3) is 0.294. The lowest BCUT2D eigenvalue weighted by atomic mass is 10.1. The Kier molecular flexibility index (Phi) is 3.81. The van der Waals surface area contributed by atoms with Gasteiger partial charge in [0.25, 0.3) is 0 Å². The Morgan fingerprint density at radius 1 is 1.15 bits per heavy atom. The van der Waals surface area contributed by atoms with Crippen LogP contribution in [0.1, 0.15) is 18.1 Å². The van der Waals surface area contributed by atoms with Crippen LogP contribution in [0.4, 0.5) is 11.4 Å². The maximum Gasteiger partial charge on any atom is 0.0456 e. The molecule has 0 saturated carbocycles. The van der Waals surface area contributed by atoms with Crippen LogP contribution in [-0.4, -0.2) is 12.6 Å². The van der Waals surface area contributed by atoms with Gasteiger partial charge in [-0.2, -0.15) is 0 Å². The van der Waals surface area contributed by atoms with E-state index in [2.05, 4.69) is 82.5 Å². The molecular weight excluding hydrogens is 312 g/mol. The number of benzene rings is 2. The number of hydrogen-bond donors (Lipinski definition) is 1. The lowest BCUT2D eigenvalue weighted by Gasteiger charge is -2.28. The molecule has 1 aliphatic rings. The lowest BCUT2D eigenvalue weighted by molar-refractivity contribution is 0.568. The number of para-hydroxylation sites is 1. The van der Waals surface area contributed by atoms with Crippen LogP contribution in [0.15, 0.2) is 46.9 Å². The molecule has 1 atom stereocenters. The summed E-state index contributed by atoms with van der Waals surface area (Å²) in [6.07, 6.45) is 0. The Morgan fingerprint density at radius 2 is 1.95 bits per heavy atom. The van der Waals surface area contributed by atoms with E-state index in [0.29, 0.717) is 6.04 Å². The second kappa shape index (κ2) is 5.58. The molecule has 1 heterocycles. The van der Waals surface area contributed by atoms with Crippen molar-refractivity contribution >= 4 is 27.3 Å². The zero-order valence-electron chi connectivity index (χ0n) is 11.9. The smallest absolute Gasteiger partial charge is 0.0456 e. The van der Waals surface area contributed by atoms with Gasteiger partial charge >= 0.3 is 0 Å². The lowest BCUT2D eigenvalue weighted by Crippen LogP contribution is -2.33. The number of halogens is 1. The number of aryl methyl sites for hydroxylation is 1. The van der Waals surface area contributed by atoms with Crippen molar-refractivity contribution in [3.63, 3.8) is 0 Å².